The summed E-state index contributed by atoms with van der Waals surface area (Å²) < 4.78 is 2.12. The summed E-state index contributed by atoms with van der Waals surface area (Å²) in [5, 5.41) is 0. The Kier molecular flexibility index (Phi) is 0.754. The van der Waals surface area contributed by atoms with E-state index in [-0.39, 0.29) is 0 Å². The van der Waals surface area contributed by atoms with Gasteiger partial charge in [0.15, 0.2) is 0 Å². The first-order valence-corrected chi connectivity index (χ1v) is 2.77. The molecule has 0 aromatic rings. The van der Waals surface area contributed by atoms with E-state index < -0.39 is 0 Å². The zero-order valence-corrected chi connectivity index (χ0v) is 5.62. The van der Waals surface area contributed by atoms with Gasteiger partial charge in [0.1, 0.15) is 0 Å². The van der Waals surface area contributed by atoms with Gasteiger partial charge in [-0.05, 0) is 13.8 Å². The third-order valence-electron chi connectivity index (χ3n) is 1.08. The zero-order valence-electron chi connectivity index (χ0n) is 4.03. The minimum absolute atomic E-state index is 0.458. The Morgan fingerprint density at radius 2 is 1.83 bits per heavy atom. The van der Waals surface area contributed by atoms with E-state index in [1.165, 1.54) is 6.54 Å². The van der Waals surface area contributed by atoms with Gasteiger partial charge in [-0.25, -0.2) is 3.93 Å². The van der Waals surface area contributed by atoms with Crippen LogP contribution in [0.3, 0.4) is 0 Å². The number of hydrogen-bond acceptors (Lipinski definition) is 1. The van der Waals surface area contributed by atoms with Crippen LogP contribution in [0.2, 0.25) is 0 Å². The molecule has 36 valence electrons. The van der Waals surface area contributed by atoms with Gasteiger partial charge in [-0.15, -0.1) is 0 Å². The molecule has 1 fully saturated rings. The molecule has 0 radical (unpaired) electrons. The van der Waals surface area contributed by atoms with E-state index in [9.17, 15) is 0 Å². The minimum atomic E-state index is 0.458. The zero-order chi connectivity index (χ0) is 4.78. The molecule has 1 aliphatic heterocycles. The molecule has 0 N–H and O–H groups in total. The van der Waals surface area contributed by atoms with Crippen molar-refractivity contribution in [3.63, 3.8) is 0 Å². The molecule has 0 aromatic heterocycles. The second-order valence-corrected chi connectivity index (χ2v) is 3.19. The van der Waals surface area contributed by atoms with Crippen LogP contribution in [0.4, 0.5) is 0 Å². The van der Waals surface area contributed by atoms with Crippen LogP contribution in [0.25, 0.3) is 0 Å². The van der Waals surface area contributed by atoms with E-state index in [0.29, 0.717) is 5.54 Å². The maximum Gasteiger partial charge on any atom is 0.0397 e. The van der Waals surface area contributed by atoms with Crippen molar-refractivity contribution in [3.05, 3.63) is 0 Å². The topological polar surface area (TPSA) is 3.01 Å². The summed E-state index contributed by atoms with van der Waals surface area (Å²) in [4.78, 5) is 0. The summed E-state index contributed by atoms with van der Waals surface area (Å²) >= 11 is 3.34. The van der Waals surface area contributed by atoms with Gasteiger partial charge in [0, 0.05) is 28.2 Å². The molecule has 1 atom stereocenters. The fraction of sp³-hybridized carbons (Fsp3) is 1.00. The van der Waals surface area contributed by atoms with Crippen LogP contribution in [0, 0.1) is 0 Å². The molecule has 0 aromatic carbocycles. The lowest BCUT2D eigenvalue weighted by molar-refractivity contribution is 0.677. The van der Waals surface area contributed by atoms with Gasteiger partial charge in [0.25, 0.3) is 0 Å². The summed E-state index contributed by atoms with van der Waals surface area (Å²) in [5.74, 6) is 0. The van der Waals surface area contributed by atoms with Gasteiger partial charge in [-0.3, -0.25) is 0 Å². The van der Waals surface area contributed by atoms with Gasteiger partial charge < -0.3 is 0 Å². The summed E-state index contributed by atoms with van der Waals surface area (Å²) in [6.07, 6.45) is 0. The lowest BCUT2D eigenvalue weighted by Crippen LogP contribution is -1.97. The SMILES string of the molecule is CC1(C)CN1Br. The van der Waals surface area contributed by atoms with Crippen LogP contribution in [0.15, 0.2) is 0 Å². The molecule has 2 heteroatoms. The minimum Gasteiger partial charge on any atom is -0.234 e. The van der Waals surface area contributed by atoms with E-state index in [2.05, 4.69) is 33.9 Å². The second-order valence-electron chi connectivity index (χ2n) is 2.33. The molecule has 1 aliphatic rings. The molecule has 1 unspecified atom stereocenters. The predicted molar refractivity (Wildman–Crippen MR) is 29.7 cm³/mol. The van der Waals surface area contributed by atoms with Crippen molar-refractivity contribution in [2.75, 3.05) is 6.54 Å². The van der Waals surface area contributed by atoms with Gasteiger partial charge in [-0.2, -0.15) is 0 Å². The van der Waals surface area contributed by atoms with Crippen molar-refractivity contribution in [2.45, 2.75) is 19.4 Å². The second kappa shape index (κ2) is 0.984. The number of nitrogens with zero attached hydrogens (tertiary/aromatic N) is 1. The van der Waals surface area contributed by atoms with Crippen molar-refractivity contribution in [2.24, 2.45) is 0 Å². The van der Waals surface area contributed by atoms with Gasteiger partial charge in [0.05, 0.1) is 0 Å². The number of hydrogen-bond donors (Lipinski definition) is 0. The summed E-state index contributed by atoms with van der Waals surface area (Å²) in [6, 6.07) is 0. The average Bonchev–Trinajstić information content (AvgIpc) is 1.73. The molecule has 0 saturated carbocycles. The van der Waals surface area contributed by atoms with Crippen LogP contribution < -0.4 is 0 Å². The highest BCUT2D eigenvalue weighted by Gasteiger charge is 2.40. The average molecular weight is 150 g/mol. The molecule has 1 rings (SSSR count). The highest BCUT2D eigenvalue weighted by Crippen LogP contribution is 2.33. The molecule has 1 nitrogen and oxygen atoms in total. The Morgan fingerprint density at radius 1 is 1.67 bits per heavy atom. The van der Waals surface area contributed by atoms with Gasteiger partial charge >= 0.3 is 0 Å². The Labute approximate surface area is 46.7 Å². The van der Waals surface area contributed by atoms with Crippen LogP contribution >= 0.6 is 16.1 Å². The van der Waals surface area contributed by atoms with E-state index in [1.54, 1.807) is 0 Å². The first-order chi connectivity index (χ1) is 2.63. The van der Waals surface area contributed by atoms with Crippen molar-refractivity contribution < 1.29 is 0 Å². The number of rotatable bonds is 0. The molecule has 0 aliphatic carbocycles. The fourth-order valence-corrected chi connectivity index (χ4v) is 0.918. The molecule has 0 spiro atoms. The van der Waals surface area contributed by atoms with Crippen molar-refractivity contribution >= 4 is 16.1 Å². The monoisotopic (exact) mass is 149 g/mol. The van der Waals surface area contributed by atoms with E-state index in [1.807, 2.05) is 0 Å². The van der Waals surface area contributed by atoms with Crippen LogP contribution in [0.1, 0.15) is 13.8 Å². The van der Waals surface area contributed by atoms with Crippen molar-refractivity contribution in [3.8, 4) is 0 Å². The lowest BCUT2D eigenvalue weighted by Gasteiger charge is -1.91. The normalized spacial score (nSPS) is 39.5. The Hall–Kier alpha value is 0.440. The van der Waals surface area contributed by atoms with Crippen LogP contribution in [-0.4, -0.2) is 16.0 Å². The molecule has 0 amide bonds. The summed E-state index contributed by atoms with van der Waals surface area (Å²) in [7, 11) is 0. The Bertz CT molecular complexity index is 69.9. The molecule has 0 bridgehead atoms. The predicted octanol–water partition coefficient (Wildman–Crippen LogP) is 1.39. The van der Waals surface area contributed by atoms with Crippen molar-refractivity contribution in [1.29, 1.82) is 0 Å². The quantitative estimate of drug-likeness (QED) is 0.372. The first-order valence-electron chi connectivity index (χ1n) is 2.06. The highest BCUT2D eigenvalue weighted by atomic mass is 79.9. The third-order valence-corrected chi connectivity index (χ3v) is 2.29. The van der Waals surface area contributed by atoms with E-state index >= 15 is 0 Å². The summed E-state index contributed by atoms with van der Waals surface area (Å²) in [5.41, 5.74) is 0.458. The van der Waals surface area contributed by atoms with Gasteiger partial charge in [0.2, 0.25) is 0 Å². The third kappa shape index (κ3) is 0.590. The number of halogens is 1. The molecular formula is C4H8BrN. The Morgan fingerprint density at radius 3 is 1.83 bits per heavy atom. The first kappa shape index (κ1) is 4.60. The van der Waals surface area contributed by atoms with Crippen LogP contribution in [0.5, 0.6) is 0 Å². The maximum absolute atomic E-state index is 3.34. The molecule has 6 heavy (non-hydrogen) atoms. The standard InChI is InChI=1S/C4H8BrN/c1-4(2)3-6(4)5/h3H2,1-2H3. The van der Waals surface area contributed by atoms with E-state index in [0.717, 1.165) is 0 Å². The molecular weight excluding hydrogens is 142 g/mol. The fourth-order valence-electron chi connectivity index (χ4n) is 0.304. The Balaban J connectivity index is 2.41. The molecule has 1 heterocycles. The smallest absolute Gasteiger partial charge is 0.0397 e. The van der Waals surface area contributed by atoms with Crippen LogP contribution in [-0.2, 0) is 0 Å². The van der Waals surface area contributed by atoms with Gasteiger partial charge in [-0.1, -0.05) is 0 Å². The van der Waals surface area contributed by atoms with Crippen molar-refractivity contribution in [1.82, 2.24) is 3.93 Å². The molecule has 1 saturated heterocycles. The lowest BCUT2D eigenvalue weighted by atomic mass is 10.3. The maximum atomic E-state index is 3.34. The van der Waals surface area contributed by atoms with E-state index in [4.69, 9.17) is 0 Å². The summed E-state index contributed by atoms with van der Waals surface area (Å²) in [6.45, 7) is 5.58. The largest absolute Gasteiger partial charge is 0.234 e. The highest BCUT2D eigenvalue weighted by molar-refractivity contribution is 9.07.